The van der Waals surface area contributed by atoms with Crippen LogP contribution in [0.2, 0.25) is 0 Å². The molecule has 1 heterocycles. The number of para-hydroxylation sites is 2. The van der Waals surface area contributed by atoms with Gasteiger partial charge < -0.3 is 10.7 Å². The topological polar surface area (TPSA) is 61.7 Å². The first-order chi connectivity index (χ1) is 10.8. The summed E-state index contributed by atoms with van der Waals surface area (Å²) < 4.78 is 0. The molecule has 0 radical (unpaired) electrons. The number of benzene rings is 1. The molecule has 0 unspecified atom stereocenters. The normalized spacial score (nSPS) is 21.4. The predicted octanol–water partition coefficient (Wildman–Crippen LogP) is 3.79. The van der Waals surface area contributed by atoms with E-state index in [0.717, 1.165) is 28.2 Å². The highest BCUT2D eigenvalue weighted by molar-refractivity contribution is 6.07. The molecule has 2 aromatic rings. The van der Waals surface area contributed by atoms with Crippen LogP contribution in [0.3, 0.4) is 0 Å². The third-order valence-electron chi connectivity index (χ3n) is 4.31. The van der Waals surface area contributed by atoms with Crippen molar-refractivity contribution in [1.82, 2.24) is 15.3 Å². The number of aromatic nitrogens is 2. The third kappa shape index (κ3) is 3.16. The van der Waals surface area contributed by atoms with Crippen LogP contribution in [0.25, 0.3) is 16.6 Å². The summed E-state index contributed by atoms with van der Waals surface area (Å²) in [5.41, 5.74) is 3.26. The Labute approximate surface area is 131 Å². The van der Waals surface area contributed by atoms with Crippen LogP contribution in [0.15, 0.2) is 36.7 Å². The zero-order valence-corrected chi connectivity index (χ0v) is 12.9. The number of hydrogen-bond donors (Lipinski definition) is 2. The van der Waals surface area contributed by atoms with Gasteiger partial charge in [-0.1, -0.05) is 31.9 Å². The minimum atomic E-state index is 0.542. The Morgan fingerprint density at radius 2 is 2.09 bits per heavy atom. The molecular formula is C18H22N4. The molecule has 1 aromatic carbocycles. The van der Waals surface area contributed by atoms with Crippen LogP contribution in [0.1, 0.15) is 38.3 Å². The van der Waals surface area contributed by atoms with Gasteiger partial charge in [-0.25, -0.2) is 4.98 Å². The molecular weight excluding hydrogens is 272 g/mol. The zero-order valence-electron chi connectivity index (χ0n) is 12.9. The maximum absolute atomic E-state index is 7.63. The van der Waals surface area contributed by atoms with Crippen molar-refractivity contribution in [3.05, 3.63) is 42.4 Å². The molecule has 0 saturated heterocycles. The summed E-state index contributed by atoms with van der Waals surface area (Å²) in [6, 6.07) is 8.34. The van der Waals surface area contributed by atoms with E-state index in [2.05, 4.69) is 22.2 Å². The fourth-order valence-electron chi connectivity index (χ4n) is 3.01. The molecule has 3 rings (SSSR count). The number of hydrogen-bond acceptors (Lipinski definition) is 4. The molecule has 1 aromatic heterocycles. The highest BCUT2D eigenvalue weighted by atomic mass is 14.9. The number of allylic oxidation sites excluding steroid dienone is 1. The van der Waals surface area contributed by atoms with E-state index in [0.29, 0.717) is 6.04 Å². The highest BCUT2D eigenvalue weighted by Crippen LogP contribution is 2.31. The van der Waals surface area contributed by atoms with Crippen LogP contribution in [0.5, 0.6) is 0 Å². The molecule has 0 aliphatic heterocycles. The van der Waals surface area contributed by atoms with Crippen LogP contribution in [-0.4, -0.2) is 22.2 Å². The largest absolute Gasteiger partial charge is 0.388 e. The molecule has 22 heavy (non-hydrogen) atoms. The third-order valence-corrected chi connectivity index (χ3v) is 4.31. The number of fused-ring (bicyclic) bond motifs is 1. The molecule has 1 aliphatic carbocycles. The zero-order chi connectivity index (χ0) is 15.4. The Hall–Kier alpha value is -2.23. The highest BCUT2D eigenvalue weighted by Gasteiger charge is 2.27. The van der Waals surface area contributed by atoms with Crippen molar-refractivity contribution in [1.29, 1.82) is 5.41 Å². The Bertz CT molecular complexity index is 686. The Morgan fingerprint density at radius 1 is 1.32 bits per heavy atom. The molecule has 4 heteroatoms. The van der Waals surface area contributed by atoms with Crippen LogP contribution in [0.4, 0.5) is 0 Å². The van der Waals surface area contributed by atoms with E-state index in [1.54, 1.807) is 6.20 Å². The Balaban J connectivity index is 1.70. The predicted molar refractivity (Wildman–Crippen MR) is 90.9 cm³/mol. The van der Waals surface area contributed by atoms with Crippen molar-refractivity contribution >= 4 is 22.8 Å². The fourth-order valence-corrected chi connectivity index (χ4v) is 3.01. The van der Waals surface area contributed by atoms with Crippen LogP contribution in [0, 0.1) is 11.3 Å². The lowest BCUT2D eigenvalue weighted by Crippen LogP contribution is -2.38. The van der Waals surface area contributed by atoms with Crippen LogP contribution in [-0.2, 0) is 0 Å². The molecule has 0 bridgehead atoms. The van der Waals surface area contributed by atoms with Crippen molar-refractivity contribution in [2.75, 3.05) is 0 Å². The van der Waals surface area contributed by atoms with E-state index < -0.39 is 0 Å². The van der Waals surface area contributed by atoms with E-state index in [1.807, 2.05) is 30.5 Å². The second-order valence-electron chi connectivity index (χ2n) is 5.98. The van der Waals surface area contributed by atoms with Gasteiger partial charge in [0.2, 0.25) is 0 Å². The SMILES string of the molecule is CCCC1CC(N/C=C(\C=N)c2cnc3ccccc3n2)C1. The van der Waals surface area contributed by atoms with E-state index in [1.165, 1.54) is 31.9 Å². The van der Waals surface area contributed by atoms with Crippen molar-refractivity contribution in [2.24, 2.45) is 5.92 Å². The van der Waals surface area contributed by atoms with Crippen LogP contribution >= 0.6 is 0 Å². The summed E-state index contributed by atoms with van der Waals surface area (Å²) in [5, 5.41) is 11.1. The summed E-state index contributed by atoms with van der Waals surface area (Å²) in [5.74, 6) is 0.875. The quantitative estimate of drug-likeness (QED) is 0.797. The average Bonchev–Trinajstić information content (AvgIpc) is 2.52. The molecule has 4 nitrogen and oxygen atoms in total. The van der Waals surface area contributed by atoms with Gasteiger partial charge in [0, 0.05) is 24.0 Å². The van der Waals surface area contributed by atoms with Crippen molar-refractivity contribution in [3.63, 3.8) is 0 Å². The van der Waals surface area contributed by atoms with Gasteiger partial charge in [0.1, 0.15) is 0 Å². The first-order valence-corrected chi connectivity index (χ1v) is 7.99. The maximum atomic E-state index is 7.63. The fraction of sp³-hybridized carbons (Fsp3) is 0.389. The second kappa shape index (κ2) is 6.69. The summed E-state index contributed by atoms with van der Waals surface area (Å²) in [6.07, 6.45) is 10.1. The van der Waals surface area contributed by atoms with E-state index in [9.17, 15) is 0 Å². The van der Waals surface area contributed by atoms with E-state index >= 15 is 0 Å². The number of nitrogens with zero attached hydrogens (tertiary/aromatic N) is 2. The van der Waals surface area contributed by atoms with Crippen molar-refractivity contribution in [2.45, 2.75) is 38.6 Å². The smallest absolute Gasteiger partial charge is 0.0922 e. The molecule has 0 spiro atoms. The van der Waals surface area contributed by atoms with Gasteiger partial charge >= 0.3 is 0 Å². The maximum Gasteiger partial charge on any atom is 0.0922 e. The summed E-state index contributed by atoms with van der Waals surface area (Å²) in [7, 11) is 0. The van der Waals surface area contributed by atoms with Crippen molar-refractivity contribution in [3.8, 4) is 0 Å². The van der Waals surface area contributed by atoms with E-state index in [4.69, 9.17) is 5.41 Å². The van der Waals surface area contributed by atoms with Gasteiger partial charge in [0.05, 0.1) is 22.9 Å². The Kier molecular flexibility index (Phi) is 4.47. The van der Waals surface area contributed by atoms with Gasteiger partial charge in [-0.15, -0.1) is 0 Å². The first kappa shape index (κ1) is 14.7. The first-order valence-electron chi connectivity index (χ1n) is 7.99. The van der Waals surface area contributed by atoms with Gasteiger partial charge in [-0.2, -0.15) is 0 Å². The molecule has 1 aliphatic rings. The molecule has 1 fully saturated rings. The molecule has 0 atom stereocenters. The van der Waals surface area contributed by atoms with E-state index in [-0.39, 0.29) is 0 Å². The lowest BCUT2D eigenvalue weighted by atomic mass is 9.78. The number of rotatable bonds is 6. The van der Waals surface area contributed by atoms with Gasteiger partial charge in [-0.3, -0.25) is 4.98 Å². The Morgan fingerprint density at radius 3 is 2.82 bits per heavy atom. The average molecular weight is 294 g/mol. The molecule has 1 saturated carbocycles. The molecule has 0 amide bonds. The summed E-state index contributed by atoms with van der Waals surface area (Å²) in [4.78, 5) is 9.00. The lowest BCUT2D eigenvalue weighted by Gasteiger charge is -2.35. The standard InChI is InChI=1S/C18H22N4/c1-2-5-13-8-15(9-13)20-11-14(10-19)18-12-21-16-6-3-4-7-17(16)22-18/h3-4,6-7,10-13,15,19-20H,2,5,8-9H2,1H3/b14-11+,19-10?. The van der Waals surface area contributed by atoms with Gasteiger partial charge in [0.25, 0.3) is 0 Å². The van der Waals surface area contributed by atoms with Crippen LogP contribution < -0.4 is 5.32 Å². The summed E-state index contributed by atoms with van der Waals surface area (Å²) >= 11 is 0. The summed E-state index contributed by atoms with van der Waals surface area (Å²) in [6.45, 7) is 2.24. The lowest BCUT2D eigenvalue weighted by molar-refractivity contribution is 0.225. The monoisotopic (exact) mass is 294 g/mol. The minimum absolute atomic E-state index is 0.542. The minimum Gasteiger partial charge on any atom is -0.388 e. The second-order valence-corrected chi connectivity index (χ2v) is 5.98. The van der Waals surface area contributed by atoms with Gasteiger partial charge in [0.15, 0.2) is 0 Å². The molecule has 2 N–H and O–H groups in total. The van der Waals surface area contributed by atoms with Crippen molar-refractivity contribution < 1.29 is 0 Å². The number of nitrogens with one attached hydrogen (secondary N) is 2. The van der Waals surface area contributed by atoms with Gasteiger partial charge in [-0.05, 0) is 30.9 Å². The molecule has 114 valence electrons.